The molecule has 1 aromatic rings. The van der Waals surface area contributed by atoms with E-state index >= 15 is 0 Å². The zero-order chi connectivity index (χ0) is 38.0. The molecule has 3 rings (SSSR count). The second-order valence-electron chi connectivity index (χ2n) is 15.7. The van der Waals surface area contributed by atoms with Gasteiger partial charge in [0.05, 0.1) is 41.5 Å². The fourth-order valence-electron chi connectivity index (χ4n) is 6.00. The van der Waals surface area contributed by atoms with Crippen molar-refractivity contribution >= 4 is 5.97 Å². The van der Waals surface area contributed by atoms with Crippen molar-refractivity contribution in [3.05, 3.63) is 35.9 Å². The highest BCUT2D eigenvalue weighted by molar-refractivity contribution is 5.76. The Morgan fingerprint density at radius 3 is 1.82 bits per heavy atom. The fraction of sp³-hybridized carbons (Fsp3) is 0.800. The van der Waals surface area contributed by atoms with Crippen molar-refractivity contribution in [2.75, 3.05) is 13.7 Å². The smallest absolute Gasteiger partial charge is 0.391 e. The van der Waals surface area contributed by atoms with Crippen LogP contribution in [0.3, 0.4) is 0 Å². The summed E-state index contributed by atoms with van der Waals surface area (Å²) >= 11 is 0. The lowest BCUT2D eigenvalue weighted by atomic mass is 9.85. The average Bonchev–Trinajstić information content (AvgIpc) is 3.00. The number of esters is 1. The van der Waals surface area contributed by atoms with Crippen LogP contribution in [0.1, 0.15) is 74.3 Å². The summed E-state index contributed by atoms with van der Waals surface area (Å²) in [6.07, 6.45) is -21.5. The molecule has 0 amide bonds. The van der Waals surface area contributed by atoms with Crippen LogP contribution in [0, 0.1) is 0 Å². The maximum absolute atomic E-state index is 13.6. The van der Waals surface area contributed by atoms with Gasteiger partial charge in [-0.3, -0.25) is 0 Å². The molecular formula is C35H55F3O12. The molecule has 2 aliphatic rings. The highest BCUT2D eigenvalue weighted by Gasteiger charge is 2.56. The van der Waals surface area contributed by atoms with E-state index in [1.54, 1.807) is 72.7 Å². The lowest BCUT2D eigenvalue weighted by molar-refractivity contribution is -0.311. The van der Waals surface area contributed by atoms with E-state index < -0.39 is 102 Å². The predicted octanol–water partition coefficient (Wildman–Crippen LogP) is 3.23. The van der Waals surface area contributed by atoms with Crippen molar-refractivity contribution < 1.29 is 71.5 Å². The molecule has 1 aromatic carbocycles. The fourth-order valence-corrected chi connectivity index (χ4v) is 6.00. The molecule has 0 aromatic heterocycles. The first kappa shape index (κ1) is 42.5. The Labute approximate surface area is 292 Å². The van der Waals surface area contributed by atoms with Crippen LogP contribution in [0.2, 0.25) is 0 Å². The molecule has 8 unspecified atom stereocenters. The Morgan fingerprint density at radius 2 is 1.30 bits per heavy atom. The number of carbonyl (C=O) groups excluding carboxylic acids is 1. The van der Waals surface area contributed by atoms with E-state index in [1.165, 1.54) is 21.0 Å². The third-order valence-corrected chi connectivity index (χ3v) is 8.79. The predicted molar refractivity (Wildman–Crippen MR) is 173 cm³/mol. The molecule has 10 atom stereocenters. The monoisotopic (exact) mass is 724 g/mol. The minimum Gasteiger partial charge on any atom is -0.459 e. The average molecular weight is 725 g/mol. The molecule has 2 heterocycles. The molecule has 50 heavy (non-hydrogen) atoms. The molecular weight excluding hydrogens is 669 g/mol. The summed E-state index contributed by atoms with van der Waals surface area (Å²) in [5.41, 5.74) is -4.26. The Bertz CT molecular complexity index is 1240. The van der Waals surface area contributed by atoms with Crippen LogP contribution in [-0.2, 0) is 44.6 Å². The third kappa shape index (κ3) is 11.0. The number of alkyl halides is 3. The van der Waals surface area contributed by atoms with Crippen molar-refractivity contribution in [3.8, 4) is 0 Å². The Kier molecular flexibility index (Phi) is 13.6. The molecule has 0 bridgehead atoms. The second kappa shape index (κ2) is 16.0. The van der Waals surface area contributed by atoms with Gasteiger partial charge in [0.15, 0.2) is 6.10 Å². The van der Waals surface area contributed by atoms with Crippen molar-refractivity contribution in [1.29, 1.82) is 0 Å². The van der Waals surface area contributed by atoms with Crippen LogP contribution < -0.4 is 0 Å². The lowest BCUT2D eigenvalue weighted by Gasteiger charge is -2.50. The van der Waals surface area contributed by atoms with Crippen molar-refractivity contribution in [2.45, 2.75) is 165 Å². The number of aliphatic hydroxyl groups excluding tert-OH is 4. The summed E-state index contributed by atoms with van der Waals surface area (Å²) in [7, 11) is 1.39. The van der Waals surface area contributed by atoms with Crippen LogP contribution >= 0.6 is 0 Å². The summed E-state index contributed by atoms with van der Waals surface area (Å²) in [4.78, 5) is 13.5. The van der Waals surface area contributed by atoms with E-state index in [9.17, 15) is 38.4 Å². The van der Waals surface area contributed by atoms with Gasteiger partial charge in [-0.1, -0.05) is 30.3 Å². The van der Waals surface area contributed by atoms with E-state index in [2.05, 4.69) is 0 Å². The quantitative estimate of drug-likeness (QED) is 0.220. The molecule has 0 saturated carbocycles. The third-order valence-electron chi connectivity index (χ3n) is 8.79. The number of carbonyl (C=O) groups is 1. The SMILES string of the molecule is COC(C)(C)C1OC(C(=O)OCc2ccccc2)[C@@H](OC(C)(C)COC(C)(C)C2OC(CC(F)(F)F)[C@@H](OC(C)(C)C)C(O)C2O)C(O)C1O. The van der Waals surface area contributed by atoms with Crippen LogP contribution in [-0.4, -0.2) is 130 Å². The number of benzene rings is 1. The van der Waals surface area contributed by atoms with E-state index in [0.29, 0.717) is 5.56 Å². The molecule has 15 heteroatoms. The first-order chi connectivity index (χ1) is 22.8. The summed E-state index contributed by atoms with van der Waals surface area (Å²) in [5.74, 6) is -0.866. The summed E-state index contributed by atoms with van der Waals surface area (Å²) in [5, 5.41) is 44.4. The highest BCUT2D eigenvalue weighted by Crippen LogP contribution is 2.39. The van der Waals surface area contributed by atoms with Crippen LogP contribution in [0.4, 0.5) is 13.2 Å². The zero-order valence-electron chi connectivity index (χ0n) is 30.5. The van der Waals surface area contributed by atoms with E-state index in [0.717, 1.165) is 0 Å². The lowest BCUT2D eigenvalue weighted by Crippen LogP contribution is -2.67. The number of halogens is 3. The van der Waals surface area contributed by atoms with Gasteiger partial charge in [-0.2, -0.15) is 13.2 Å². The standard InChI is InChI=1S/C35H55F3O12/c1-31(2,3)49-25-20(16-35(36,37)38)47-29(23(41)21(25)39)34(8,9)46-18-32(4,5)50-26-22(40)24(42)28(33(6,7)44-10)48-27(26)30(43)45-17-19-14-12-11-13-15-19/h11-15,20-29,39-42H,16-18H2,1-10H3/t20?,21?,22?,23?,24?,25-,26+,27?,28?,29?/m1/s1. The summed E-state index contributed by atoms with van der Waals surface area (Å²) in [6.45, 7) is 13.7. The normalized spacial score (nSPS) is 31.8. The van der Waals surface area contributed by atoms with E-state index in [4.69, 9.17) is 33.2 Å². The molecule has 0 radical (unpaired) electrons. The van der Waals surface area contributed by atoms with Gasteiger partial charge in [0.1, 0.15) is 55.4 Å². The first-order valence-corrected chi connectivity index (χ1v) is 16.6. The molecule has 2 saturated heterocycles. The molecule has 12 nitrogen and oxygen atoms in total. The summed E-state index contributed by atoms with van der Waals surface area (Å²) in [6, 6.07) is 8.88. The van der Waals surface area contributed by atoms with Gasteiger partial charge in [0, 0.05) is 7.11 Å². The number of hydrogen-bond acceptors (Lipinski definition) is 12. The van der Waals surface area contributed by atoms with Gasteiger partial charge in [0.25, 0.3) is 0 Å². The van der Waals surface area contributed by atoms with Gasteiger partial charge < -0.3 is 53.6 Å². The molecule has 2 aliphatic heterocycles. The molecule has 0 aliphatic carbocycles. The van der Waals surface area contributed by atoms with Crippen LogP contribution in [0.5, 0.6) is 0 Å². The van der Waals surface area contributed by atoms with Gasteiger partial charge >= 0.3 is 12.1 Å². The number of ether oxygens (including phenoxy) is 7. The highest BCUT2D eigenvalue weighted by atomic mass is 19.4. The summed E-state index contributed by atoms with van der Waals surface area (Å²) < 4.78 is 81.6. The van der Waals surface area contributed by atoms with Gasteiger partial charge in [0.2, 0.25) is 0 Å². The van der Waals surface area contributed by atoms with Gasteiger partial charge in [-0.25, -0.2) is 4.79 Å². The van der Waals surface area contributed by atoms with Crippen LogP contribution in [0.25, 0.3) is 0 Å². The molecule has 0 spiro atoms. The van der Waals surface area contributed by atoms with Crippen molar-refractivity contribution in [1.82, 2.24) is 0 Å². The molecule has 4 N–H and O–H groups in total. The minimum absolute atomic E-state index is 0.101. The van der Waals surface area contributed by atoms with Gasteiger partial charge in [-0.05, 0) is 67.9 Å². The number of aliphatic hydroxyl groups is 4. The number of methoxy groups -OCH3 is 1. The van der Waals surface area contributed by atoms with Gasteiger partial charge in [-0.15, -0.1) is 0 Å². The number of hydrogen-bond donors (Lipinski definition) is 4. The van der Waals surface area contributed by atoms with Crippen molar-refractivity contribution in [3.63, 3.8) is 0 Å². The maximum atomic E-state index is 13.6. The zero-order valence-corrected chi connectivity index (χ0v) is 30.5. The Balaban J connectivity index is 1.81. The molecule has 288 valence electrons. The Morgan fingerprint density at radius 1 is 0.760 bits per heavy atom. The molecule has 2 fully saturated rings. The van der Waals surface area contributed by atoms with E-state index in [-0.39, 0.29) is 13.2 Å². The topological polar surface area (TPSA) is 163 Å². The first-order valence-electron chi connectivity index (χ1n) is 16.6. The number of rotatable bonds is 13. The minimum atomic E-state index is -4.67. The van der Waals surface area contributed by atoms with Crippen molar-refractivity contribution in [2.24, 2.45) is 0 Å². The second-order valence-corrected chi connectivity index (χ2v) is 15.7. The van der Waals surface area contributed by atoms with Crippen LogP contribution in [0.15, 0.2) is 30.3 Å². The van der Waals surface area contributed by atoms with E-state index in [1.807, 2.05) is 6.07 Å². The maximum Gasteiger partial charge on any atom is 0.391 e. The Hall–Kier alpha value is -1.92. The largest absolute Gasteiger partial charge is 0.459 e.